The maximum atomic E-state index is 11.8. The van der Waals surface area contributed by atoms with Crippen molar-refractivity contribution in [1.29, 1.82) is 0 Å². The van der Waals surface area contributed by atoms with Crippen LogP contribution in [0.25, 0.3) is 0 Å². The van der Waals surface area contributed by atoms with Crippen LogP contribution in [0.4, 0.5) is 17.2 Å². The molecule has 0 radical (unpaired) electrons. The Morgan fingerprint density at radius 3 is 2.64 bits per heavy atom. The van der Waals surface area contributed by atoms with Gasteiger partial charge in [0.05, 0.1) is 11.8 Å². The van der Waals surface area contributed by atoms with Crippen LogP contribution in [-0.2, 0) is 0 Å². The first-order chi connectivity index (χ1) is 10.3. The summed E-state index contributed by atoms with van der Waals surface area (Å²) in [7, 11) is 1.56. The molecule has 6 nitrogen and oxygen atoms in total. The second kappa shape index (κ2) is 6.37. The van der Waals surface area contributed by atoms with E-state index in [2.05, 4.69) is 20.6 Å². The number of halogens is 2. The number of aromatic nitrogens is 2. The number of carbonyl (C=O) groups excluding carboxylic acids is 1. The fraction of sp³-hybridized carbons (Fsp3) is 0.214. The molecule has 1 aromatic heterocycles. The van der Waals surface area contributed by atoms with Gasteiger partial charge in [0.2, 0.25) is 5.28 Å². The van der Waals surface area contributed by atoms with Crippen LogP contribution in [0.2, 0.25) is 10.3 Å². The number of hydrogen-bond donors (Lipinski definition) is 3. The van der Waals surface area contributed by atoms with Gasteiger partial charge in [0.15, 0.2) is 5.82 Å². The molecule has 0 bridgehead atoms. The standard InChI is InChI=1S/C14H15Cl2N5O/c1-6-4-8(13(22)18-3)10(17)7(2)11(6)20-12-9(15)5-19-14(16)21-12/h4-5H,17H2,1-3H3,(H,18,22)(H,19,20,21). The molecule has 0 saturated carbocycles. The predicted octanol–water partition coefficient (Wildman–Crippen LogP) is 3.09. The number of benzene rings is 1. The molecule has 0 aliphatic heterocycles. The van der Waals surface area contributed by atoms with Gasteiger partial charge < -0.3 is 16.4 Å². The second-order valence-corrected chi connectivity index (χ2v) is 5.44. The van der Waals surface area contributed by atoms with Crippen molar-refractivity contribution in [2.75, 3.05) is 18.1 Å². The molecule has 116 valence electrons. The second-order valence-electron chi connectivity index (χ2n) is 4.69. The van der Waals surface area contributed by atoms with Gasteiger partial charge in [-0.15, -0.1) is 0 Å². The Morgan fingerprint density at radius 2 is 2.00 bits per heavy atom. The molecular formula is C14H15Cl2N5O. The maximum absolute atomic E-state index is 11.8. The summed E-state index contributed by atoms with van der Waals surface area (Å²) in [6.07, 6.45) is 1.41. The highest BCUT2D eigenvalue weighted by molar-refractivity contribution is 6.33. The van der Waals surface area contributed by atoms with Crippen molar-refractivity contribution < 1.29 is 4.79 Å². The third kappa shape index (κ3) is 3.08. The van der Waals surface area contributed by atoms with Crippen LogP contribution in [0.5, 0.6) is 0 Å². The molecule has 1 aromatic carbocycles. The zero-order valence-corrected chi connectivity index (χ0v) is 13.8. The largest absolute Gasteiger partial charge is 0.398 e. The molecule has 2 aromatic rings. The Morgan fingerprint density at radius 1 is 1.32 bits per heavy atom. The molecule has 4 N–H and O–H groups in total. The van der Waals surface area contributed by atoms with E-state index < -0.39 is 0 Å². The van der Waals surface area contributed by atoms with Crippen molar-refractivity contribution in [2.24, 2.45) is 0 Å². The molecule has 0 unspecified atom stereocenters. The van der Waals surface area contributed by atoms with Crippen LogP contribution in [0.15, 0.2) is 12.3 Å². The monoisotopic (exact) mass is 339 g/mol. The molecular weight excluding hydrogens is 325 g/mol. The van der Waals surface area contributed by atoms with Crippen molar-refractivity contribution in [3.05, 3.63) is 39.3 Å². The van der Waals surface area contributed by atoms with Crippen molar-refractivity contribution in [3.63, 3.8) is 0 Å². The molecule has 0 fully saturated rings. The summed E-state index contributed by atoms with van der Waals surface area (Å²) in [6.45, 7) is 3.67. The van der Waals surface area contributed by atoms with Crippen molar-refractivity contribution >= 4 is 46.3 Å². The maximum Gasteiger partial charge on any atom is 0.253 e. The molecule has 1 heterocycles. The van der Waals surface area contributed by atoms with Crippen molar-refractivity contribution in [1.82, 2.24) is 15.3 Å². The Balaban J connectivity index is 2.51. The summed E-state index contributed by atoms with van der Waals surface area (Å²) in [4.78, 5) is 19.7. The fourth-order valence-electron chi connectivity index (χ4n) is 2.07. The van der Waals surface area contributed by atoms with Gasteiger partial charge in [0.1, 0.15) is 5.02 Å². The van der Waals surface area contributed by atoms with Crippen LogP contribution in [0, 0.1) is 13.8 Å². The highest BCUT2D eigenvalue weighted by atomic mass is 35.5. The molecule has 0 aliphatic carbocycles. The van der Waals surface area contributed by atoms with E-state index >= 15 is 0 Å². The van der Waals surface area contributed by atoms with Crippen molar-refractivity contribution in [3.8, 4) is 0 Å². The number of carbonyl (C=O) groups is 1. The summed E-state index contributed by atoms with van der Waals surface area (Å²) in [5.41, 5.74) is 9.16. The molecule has 0 spiro atoms. The average molecular weight is 340 g/mol. The summed E-state index contributed by atoms with van der Waals surface area (Å²) >= 11 is 11.8. The number of anilines is 3. The van der Waals surface area contributed by atoms with Gasteiger partial charge in [-0.25, -0.2) is 4.98 Å². The zero-order valence-electron chi connectivity index (χ0n) is 12.3. The fourth-order valence-corrected chi connectivity index (χ4v) is 2.34. The van der Waals surface area contributed by atoms with E-state index in [4.69, 9.17) is 28.9 Å². The first-order valence-electron chi connectivity index (χ1n) is 6.42. The van der Waals surface area contributed by atoms with E-state index in [1.54, 1.807) is 13.1 Å². The smallest absolute Gasteiger partial charge is 0.253 e. The number of nitrogens with two attached hydrogens (primary N) is 1. The van der Waals surface area contributed by atoms with Gasteiger partial charge in [-0.05, 0) is 42.6 Å². The van der Waals surface area contributed by atoms with E-state index in [0.717, 1.165) is 16.8 Å². The first kappa shape index (κ1) is 16.3. The van der Waals surface area contributed by atoms with Crippen molar-refractivity contribution in [2.45, 2.75) is 13.8 Å². The summed E-state index contributed by atoms with van der Waals surface area (Å²) in [5.74, 6) is 0.137. The van der Waals surface area contributed by atoms with E-state index in [0.29, 0.717) is 22.1 Å². The lowest BCUT2D eigenvalue weighted by Gasteiger charge is -2.17. The molecule has 2 rings (SSSR count). The van der Waals surface area contributed by atoms with E-state index in [9.17, 15) is 4.79 Å². The Labute approximate surface area is 138 Å². The SMILES string of the molecule is CNC(=O)c1cc(C)c(Nc2nc(Cl)ncc2Cl)c(C)c1N. The lowest BCUT2D eigenvalue weighted by Crippen LogP contribution is -2.20. The van der Waals surface area contributed by atoms with Crippen LogP contribution >= 0.6 is 23.2 Å². The highest BCUT2D eigenvalue weighted by Gasteiger charge is 2.16. The van der Waals surface area contributed by atoms with E-state index in [-0.39, 0.29) is 11.2 Å². The zero-order chi connectivity index (χ0) is 16.4. The normalized spacial score (nSPS) is 10.4. The molecule has 0 atom stereocenters. The van der Waals surface area contributed by atoms with Gasteiger partial charge in [-0.2, -0.15) is 4.98 Å². The van der Waals surface area contributed by atoms with Crippen LogP contribution in [0.3, 0.4) is 0 Å². The predicted molar refractivity (Wildman–Crippen MR) is 89.1 cm³/mol. The number of aryl methyl sites for hydroxylation is 1. The average Bonchev–Trinajstić information content (AvgIpc) is 2.49. The summed E-state index contributed by atoms with van der Waals surface area (Å²) < 4.78 is 0. The quantitative estimate of drug-likeness (QED) is 0.590. The first-order valence-corrected chi connectivity index (χ1v) is 7.17. The van der Waals surface area contributed by atoms with Gasteiger partial charge in [0, 0.05) is 18.4 Å². The van der Waals surface area contributed by atoms with Gasteiger partial charge >= 0.3 is 0 Å². The van der Waals surface area contributed by atoms with Gasteiger partial charge in [0.25, 0.3) is 5.91 Å². The Kier molecular flexibility index (Phi) is 4.73. The lowest BCUT2D eigenvalue weighted by atomic mass is 10.0. The van der Waals surface area contributed by atoms with Crippen LogP contribution < -0.4 is 16.4 Å². The Hall–Kier alpha value is -2.05. The van der Waals surface area contributed by atoms with Crippen LogP contribution in [0.1, 0.15) is 21.5 Å². The number of amides is 1. The number of rotatable bonds is 3. The van der Waals surface area contributed by atoms with Gasteiger partial charge in [-0.1, -0.05) is 11.6 Å². The molecule has 22 heavy (non-hydrogen) atoms. The number of nitrogens with zero attached hydrogens (tertiary/aromatic N) is 2. The number of nitrogens with one attached hydrogen (secondary N) is 2. The topological polar surface area (TPSA) is 92.9 Å². The minimum absolute atomic E-state index is 0.0807. The van der Waals surface area contributed by atoms with E-state index in [1.807, 2.05) is 13.8 Å². The van der Waals surface area contributed by atoms with Gasteiger partial charge in [-0.3, -0.25) is 4.79 Å². The molecule has 8 heteroatoms. The molecule has 1 amide bonds. The minimum atomic E-state index is -0.238. The number of nitrogen functional groups attached to an aromatic ring is 1. The molecule has 0 aliphatic rings. The van der Waals surface area contributed by atoms with E-state index in [1.165, 1.54) is 6.20 Å². The lowest BCUT2D eigenvalue weighted by molar-refractivity contribution is 0.0964. The number of hydrogen-bond acceptors (Lipinski definition) is 5. The summed E-state index contributed by atoms with van der Waals surface area (Å²) in [5, 5.41) is 6.07. The highest BCUT2D eigenvalue weighted by Crippen LogP contribution is 2.33. The Bertz CT molecular complexity index is 748. The summed E-state index contributed by atoms with van der Waals surface area (Å²) in [6, 6.07) is 1.71. The third-order valence-corrected chi connectivity index (χ3v) is 3.71. The molecule has 0 saturated heterocycles. The minimum Gasteiger partial charge on any atom is -0.398 e. The van der Waals surface area contributed by atoms with Crippen LogP contribution in [-0.4, -0.2) is 22.9 Å². The third-order valence-electron chi connectivity index (χ3n) is 3.25.